The third-order valence-corrected chi connectivity index (χ3v) is 4.42. The molecule has 4 nitrogen and oxygen atoms in total. The third kappa shape index (κ3) is 5.39. The van der Waals surface area contributed by atoms with Gasteiger partial charge in [0, 0.05) is 31.7 Å². The largest absolute Gasteiger partial charge is 0.370 e. The minimum atomic E-state index is 0. The number of guanidine groups is 1. The number of halogens is 1. The van der Waals surface area contributed by atoms with E-state index in [9.17, 15) is 0 Å². The molecule has 2 rings (SSSR count). The molecule has 0 unspecified atom stereocenters. The van der Waals surface area contributed by atoms with Crippen LogP contribution in [0.25, 0.3) is 0 Å². The number of hydrogen-bond donors (Lipinski definition) is 1. The maximum atomic E-state index is 6.11. The predicted molar refractivity (Wildman–Crippen MR) is 96.7 cm³/mol. The van der Waals surface area contributed by atoms with Crippen molar-refractivity contribution in [2.75, 3.05) is 26.2 Å². The Morgan fingerprint density at radius 2 is 1.85 bits per heavy atom. The highest BCUT2D eigenvalue weighted by atomic mass is 127. The number of hydrogen-bond acceptors (Lipinski definition) is 2. The van der Waals surface area contributed by atoms with Crippen LogP contribution in [0.1, 0.15) is 46.5 Å². The van der Waals surface area contributed by atoms with Crippen molar-refractivity contribution in [1.29, 1.82) is 0 Å². The van der Waals surface area contributed by atoms with E-state index in [2.05, 4.69) is 35.6 Å². The molecule has 2 N–H and O–H groups in total. The van der Waals surface area contributed by atoms with E-state index in [1.54, 1.807) is 0 Å². The second kappa shape index (κ2) is 8.41. The normalized spacial score (nSPS) is 21.4. The molecule has 1 aliphatic heterocycles. The third-order valence-electron chi connectivity index (χ3n) is 4.42. The number of aliphatic imine (C=N–C) groups is 1. The molecular weight excluding hydrogens is 363 g/mol. The molecule has 1 heterocycles. The molecule has 0 aromatic rings. The quantitative estimate of drug-likeness (QED) is 0.443. The van der Waals surface area contributed by atoms with Crippen molar-refractivity contribution < 1.29 is 0 Å². The van der Waals surface area contributed by atoms with E-state index in [1.807, 2.05) is 0 Å². The Morgan fingerprint density at radius 3 is 2.35 bits per heavy atom. The number of likely N-dealkylation sites (tertiary alicyclic amines) is 1. The minimum Gasteiger partial charge on any atom is -0.370 e. The number of nitrogens with zero attached hydrogens (tertiary/aromatic N) is 3. The average Bonchev–Trinajstić information content (AvgIpc) is 3.19. The van der Waals surface area contributed by atoms with Crippen LogP contribution in [0.2, 0.25) is 0 Å². The van der Waals surface area contributed by atoms with Gasteiger partial charge in [0.2, 0.25) is 0 Å². The van der Waals surface area contributed by atoms with Crippen LogP contribution in [0.3, 0.4) is 0 Å². The van der Waals surface area contributed by atoms with Crippen molar-refractivity contribution in [3.8, 4) is 0 Å². The molecule has 118 valence electrons. The Kier molecular flexibility index (Phi) is 7.58. The van der Waals surface area contributed by atoms with Gasteiger partial charge in [-0.1, -0.05) is 6.92 Å². The highest BCUT2D eigenvalue weighted by Gasteiger charge is 2.30. The summed E-state index contributed by atoms with van der Waals surface area (Å²) in [5.41, 5.74) is 6.11. The topological polar surface area (TPSA) is 44.9 Å². The molecule has 0 aromatic carbocycles. The lowest BCUT2D eigenvalue weighted by Gasteiger charge is -2.31. The van der Waals surface area contributed by atoms with E-state index in [0.717, 1.165) is 44.1 Å². The lowest BCUT2D eigenvalue weighted by Crippen LogP contribution is -2.43. The van der Waals surface area contributed by atoms with Crippen molar-refractivity contribution in [3.05, 3.63) is 0 Å². The summed E-state index contributed by atoms with van der Waals surface area (Å²) in [6, 6.07) is 1.44. The number of nitrogens with two attached hydrogens (primary N) is 1. The van der Waals surface area contributed by atoms with E-state index in [1.165, 1.54) is 25.7 Å². The van der Waals surface area contributed by atoms with Gasteiger partial charge in [-0.2, -0.15) is 0 Å². The SMILES string of the molecule is CC1CCN(C(N)=NCCN(C(C)C)C2CC2)CC1.I. The molecular formula is C15H31IN4. The van der Waals surface area contributed by atoms with E-state index >= 15 is 0 Å². The Bertz CT molecular complexity index is 305. The summed E-state index contributed by atoms with van der Waals surface area (Å²) >= 11 is 0. The fourth-order valence-electron chi connectivity index (χ4n) is 2.89. The maximum Gasteiger partial charge on any atom is 0.191 e. The van der Waals surface area contributed by atoms with E-state index in [4.69, 9.17) is 5.73 Å². The molecule has 1 aliphatic carbocycles. The molecule has 0 atom stereocenters. The summed E-state index contributed by atoms with van der Waals surface area (Å²) < 4.78 is 0. The van der Waals surface area contributed by atoms with Crippen molar-refractivity contribution in [2.24, 2.45) is 16.6 Å². The molecule has 0 radical (unpaired) electrons. The molecule has 0 amide bonds. The maximum absolute atomic E-state index is 6.11. The lowest BCUT2D eigenvalue weighted by molar-refractivity contribution is 0.217. The first-order valence-electron chi connectivity index (χ1n) is 7.88. The lowest BCUT2D eigenvalue weighted by atomic mass is 10.00. The summed E-state index contributed by atoms with van der Waals surface area (Å²) in [4.78, 5) is 9.40. The van der Waals surface area contributed by atoms with Gasteiger partial charge in [0.25, 0.3) is 0 Å². The van der Waals surface area contributed by atoms with Gasteiger partial charge in [0.05, 0.1) is 6.54 Å². The van der Waals surface area contributed by atoms with Crippen LogP contribution in [0.4, 0.5) is 0 Å². The van der Waals surface area contributed by atoms with Crippen molar-refractivity contribution >= 4 is 29.9 Å². The van der Waals surface area contributed by atoms with Gasteiger partial charge >= 0.3 is 0 Å². The van der Waals surface area contributed by atoms with Gasteiger partial charge in [0.1, 0.15) is 0 Å². The second-order valence-electron chi connectivity index (χ2n) is 6.47. The first kappa shape index (κ1) is 18.0. The smallest absolute Gasteiger partial charge is 0.191 e. The first-order chi connectivity index (χ1) is 9.08. The fraction of sp³-hybridized carbons (Fsp3) is 0.933. The molecule has 2 aliphatic rings. The Hall–Kier alpha value is -0.0400. The van der Waals surface area contributed by atoms with Crippen molar-refractivity contribution in [2.45, 2.75) is 58.5 Å². The summed E-state index contributed by atoms with van der Waals surface area (Å²) in [7, 11) is 0. The highest BCUT2D eigenvalue weighted by molar-refractivity contribution is 14.0. The zero-order valence-electron chi connectivity index (χ0n) is 13.2. The van der Waals surface area contributed by atoms with Crippen molar-refractivity contribution in [3.63, 3.8) is 0 Å². The Labute approximate surface area is 141 Å². The summed E-state index contributed by atoms with van der Waals surface area (Å²) in [5, 5.41) is 0. The van der Waals surface area contributed by atoms with Crippen LogP contribution >= 0.6 is 24.0 Å². The van der Waals surface area contributed by atoms with Crippen LogP contribution in [0.15, 0.2) is 4.99 Å². The number of rotatable bonds is 5. The van der Waals surface area contributed by atoms with Crippen LogP contribution in [-0.2, 0) is 0 Å². The first-order valence-corrected chi connectivity index (χ1v) is 7.88. The molecule has 1 saturated carbocycles. The molecule has 0 bridgehead atoms. The molecule has 0 spiro atoms. The van der Waals surface area contributed by atoms with Gasteiger partial charge in [-0.05, 0) is 45.4 Å². The summed E-state index contributed by atoms with van der Waals surface area (Å²) in [5.74, 6) is 1.60. The van der Waals surface area contributed by atoms with E-state index in [0.29, 0.717) is 6.04 Å². The highest BCUT2D eigenvalue weighted by Crippen LogP contribution is 2.28. The summed E-state index contributed by atoms with van der Waals surface area (Å²) in [6.45, 7) is 10.9. The zero-order valence-corrected chi connectivity index (χ0v) is 15.5. The average molecular weight is 394 g/mol. The van der Waals surface area contributed by atoms with Crippen LogP contribution < -0.4 is 5.73 Å². The van der Waals surface area contributed by atoms with Gasteiger partial charge < -0.3 is 10.6 Å². The molecule has 1 saturated heterocycles. The summed E-state index contributed by atoms with van der Waals surface area (Å²) in [6.07, 6.45) is 5.22. The van der Waals surface area contributed by atoms with Crippen LogP contribution in [0, 0.1) is 5.92 Å². The zero-order chi connectivity index (χ0) is 13.8. The van der Waals surface area contributed by atoms with Crippen LogP contribution in [0.5, 0.6) is 0 Å². The number of piperidine rings is 1. The Balaban J connectivity index is 0.00000200. The van der Waals surface area contributed by atoms with Crippen molar-refractivity contribution in [1.82, 2.24) is 9.80 Å². The monoisotopic (exact) mass is 394 g/mol. The van der Waals surface area contributed by atoms with Crippen LogP contribution in [-0.4, -0.2) is 54.0 Å². The van der Waals surface area contributed by atoms with Gasteiger partial charge in [-0.3, -0.25) is 9.89 Å². The molecule has 5 heteroatoms. The molecule has 2 fully saturated rings. The molecule has 20 heavy (non-hydrogen) atoms. The Morgan fingerprint density at radius 1 is 1.25 bits per heavy atom. The predicted octanol–water partition coefficient (Wildman–Crippen LogP) is 2.52. The fourth-order valence-corrected chi connectivity index (χ4v) is 2.89. The van der Waals surface area contributed by atoms with E-state index < -0.39 is 0 Å². The van der Waals surface area contributed by atoms with Gasteiger partial charge in [-0.25, -0.2) is 0 Å². The van der Waals surface area contributed by atoms with Gasteiger partial charge in [-0.15, -0.1) is 24.0 Å². The molecule has 0 aromatic heterocycles. The standard InChI is InChI=1S/C15H30N4.HI/c1-12(2)19(14-4-5-14)11-8-17-15(16)18-9-6-13(3)7-10-18;/h12-14H,4-11H2,1-3H3,(H2,16,17);1H. The minimum absolute atomic E-state index is 0. The second-order valence-corrected chi connectivity index (χ2v) is 6.47. The van der Waals surface area contributed by atoms with Gasteiger partial charge in [0.15, 0.2) is 5.96 Å². The van der Waals surface area contributed by atoms with E-state index in [-0.39, 0.29) is 24.0 Å².